The third-order valence-electron chi connectivity index (χ3n) is 11.3. The lowest BCUT2D eigenvalue weighted by Crippen LogP contribution is -2.13. The molecule has 0 saturated heterocycles. The highest BCUT2D eigenvalue weighted by Crippen LogP contribution is 2.32. The molecule has 9 aromatic rings. The molecule has 0 radical (unpaired) electrons. The maximum absolute atomic E-state index is 11.6. The van der Waals surface area contributed by atoms with Gasteiger partial charge in [0.2, 0.25) is 0 Å². The smallest absolute Gasteiger partial charge is 0.330 e. The highest BCUT2D eigenvalue weighted by Gasteiger charge is 2.21. The summed E-state index contributed by atoms with van der Waals surface area (Å²) in [6, 6.07) is 27.2. The van der Waals surface area contributed by atoms with Crippen LogP contribution in [0.25, 0.3) is 55.6 Å². The zero-order valence-corrected chi connectivity index (χ0v) is 44.2. The van der Waals surface area contributed by atoms with Gasteiger partial charge < -0.3 is 28.3 Å². The van der Waals surface area contributed by atoms with Gasteiger partial charge in [0, 0.05) is 55.7 Å². The number of carbonyl (C=O) groups excluding carboxylic acids is 2. The first-order valence-corrected chi connectivity index (χ1v) is 24.3. The van der Waals surface area contributed by atoms with E-state index < -0.39 is 0 Å². The molecule has 10 rings (SSSR count). The number of rotatable bonds is 5. The minimum atomic E-state index is -0.366. The SMILES string of the molecule is CC.CC.CC.CC.COC(=O)/C=C\c1cccc2c1nc(C)n2C.COC(=O)CCc1cccc2c1nc(C)n2C.Cc1nc2cccc3c2n1CCC3O.Cc1nc2cccc3ccc(=O)n1c32. The molecule has 0 spiro atoms. The van der Waals surface area contributed by atoms with Crippen molar-refractivity contribution in [2.45, 2.75) is 115 Å². The molecule has 0 bridgehead atoms. The van der Waals surface area contributed by atoms with Crippen LogP contribution in [0.2, 0.25) is 0 Å². The highest BCUT2D eigenvalue weighted by atomic mass is 16.5. The number of aromatic nitrogens is 8. The summed E-state index contributed by atoms with van der Waals surface area (Å²) < 4.78 is 17.1. The summed E-state index contributed by atoms with van der Waals surface area (Å²) >= 11 is 0. The first-order valence-electron chi connectivity index (χ1n) is 24.3. The minimum absolute atomic E-state index is 0.0105. The number of benzene rings is 4. The molecule has 0 amide bonds. The molecule has 70 heavy (non-hydrogen) atoms. The van der Waals surface area contributed by atoms with E-state index in [0.717, 1.165) is 102 Å². The van der Waals surface area contributed by atoms with Crippen LogP contribution < -0.4 is 5.56 Å². The van der Waals surface area contributed by atoms with Crippen molar-refractivity contribution in [3.63, 3.8) is 0 Å². The van der Waals surface area contributed by atoms with E-state index in [4.69, 9.17) is 0 Å². The molecule has 5 aromatic heterocycles. The van der Waals surface area contributed by atoms with Crippen molar-refractivity contribution in [1.29, 1.82) is 0 Å². The molecule has 0 fully saturated rings. The van der Waals surface area contributed by atoms with Crippen LogP contribution in [-0.2, 0) is 46.1 Å². The Morgan fingerprint density at radius 2 is 1.21 bits per heavy atom. The number of hydrogen-bond acceptors (Lipinski definition) is 10. The number of hydrogen-bond donors (Lipinski definition) is 1. The van der Waals surface area contributed by atoms with Crippen molar-refractivity contribution in [3.05, 3.63) is 141 Å². The summed E-state index contributed by atoms with van der Waals surface area (Å²) in [5, 5.41) is 10.9. The number of esters is 2. The van der Waals surface area contributed by atoms with Crippen LogP contribution >= 0.6 is 0 Å². The maximum atomic E-state index is 11.6. The van der Waals surface area contributed by atoms with E-state index in [2.05, 4.69) is 38.5 Å². The predicted molar refractivity (Wildman–Crippen MR) is 287 cm³/mol. The van der Waals surface area contributed by atoms with Crippen molar-refractivity contribution >= 4 is 67.5 Å². The first-order chi connectivity index (χ1) is 33.8. The molecule has 0 saturated carbocycles. The lowest BCUT2D eigenvalue weighted by atomic mass is 10.0. The molecule has 1 aliphatic heterocycles. The molecule has 4 aromatic carbocycles. The fourth-order valence-electron chi connectivity index (χ4n) is 7.83. The van der Waals surface area contributed by atoms with Gasteiger partial charge in [-0.15, -0.1) is 0 Å². The van der Waals surface area contributed by atoms with E-state index in [1.165, 1.54) is 20.3 Å². The lowest BCUT2D eigenvalue weighted by molar-refractivity contribution is -0.140. The number of ether oxygens (including phenoxy) is 2. The van der Waals surface area contributed by atoms with Crippen LogP contribution in [0, 0.1) is 27.7 Å². The Bertz CT molecular complexity index is 3170. The van der Waals surface area contributed by atoms with E-state index >= 15 is 0 Å². The Hall–Kier alpha value is -7.19. The largest absolute Gasteiger partial charge is 0.469 e. The Labute approximate surface area is 413 Å². The standard InChI is InChI=1S/C13H16N2O2.C13H14N2O2.C11H12N2O.C11H8N2O.4C2H6/c2*1-9-14-13-10(7-8-12(16)17-3)5-4-6-11(13)15(9)2;1-7-12-9-4-2-3-8-10(14)5-6-13(7)11(8)9;1-7-12-9-4-2-3-8-5-6-10(14)13(7)11(8)9;4*1-2/h4-6H,7-8H2,1-3H3;4-8H,1-3H3;2-4,10,14H,5-6H2,1H3;2-6H,1H3;4*1-2H3/b;8-7-;;;;;;. The first kappa shape index (κ1) is 57.1. The van der Waals surface area contributed by atoms with Crippen LogP contribution in [0.4, 0.5) is 0 Å². The number of para-hydroxylation sites is 4. The number of carbonyl (C=O) groups is 2. The molecule has 6 heterocycles. The van der Waals surface area contributed by atoms with Gasteiger partial charge in [0.25, 0.3) is 5.56 Å². The molecule has 1 aliphatic rings. The number of imidazole rings is 4. The van der Waals surface area contributed by atoms with Gasteiger partial charge in [-0.05, 0) is 82.5 Å². The third-order valence-corrected chi connectivity index (χ3v) is 11.3. The summed E-state index contributed by atoms with van der Waals surface area (Å²) in [6.45, 7) is 24.7. The van der Waals surface area contributed by atoms with Gasteiger partial charge in [0.05, 0.1) is 64.5 Å². The second-order valence-corrected chi connectivity index (χ2v) is 15.1. The topological polar surface area (TPSA) is 161 Å². The van der Waals surface area contributed by atoms with Gasteiger partial charge in [0.15, 0.2) is 0 Å². The third kappa shape index (κ3) is 13.1. The van der Waals surface area contributed by atoms with Crippen molar-refractivity contribution in [3.8, 4) is 0 Å². The van der Waals surface area contributed by atoms with E-state index in [1.807, 2.05) is 181 Å². The van der Waals surface area contributed by atoms with Crippen LogP contribution in [0.15, 0.2) is 95.8 Å². The average Bonchev–Trinajstić information content (AvgIpc) is 4.11. The van der Waals surface area contributed by atoms with Crippen LogP contribution in [-0.4, -0.2) is 69.3 Å². The summed E-state index contributed by atoms with van der Waals surface area (Å²) in [7, 11) is 6.74. The zero-order chi connectivity index (χ0) is 52.2. The van der Waals surface area contributed by atoms with E-state index in [1.54, 1.807) is 16.5 Å². The fraction of sp³-hybridized carbons (Fsp3) is 0.375. The second-order valence-electron chi connectivity index (χ2n) is 15.1. The zero-order valence-electron chi connectivity index (χ0n) is 44.2. The minimum Gasteiger partial charge on any atom is -0.469 e. The summed E-state index contributed by atoms with van der Waals surface area (Å²) in [5.74, 6) is 3.16. The van der Waals surface area contributed by atoms with Crippen LogP contribution in [0.3, 0.4) is 0 Å². The Morgan fingerprint density at radius 1 is 0.657 bits per heavy atom. The lowest BCUT2D eigenvalue weighted by Gasteiger charge is -2.20. The van der Waals surface area contributed by atoms with Crippen LogP contribution in [0.1, 0.15) is 114 Å². The number of aliphatic hydroxyl groups is 1. The number of fused-ring (bicyclic) bond motifs is 2. The Balaban J connectivity index is 0.000000236. The monoisotopic (exact) mass is 955 g/mol. The van der Waals surface area contributed by atoms with Gasteiger partial charge in [-0.2, -0.15) is 0 Å². The summed E-state index contributed by atoms with van der Waals surface area (Å²) in [4.78, 5) is 51.6. The average molecular weight is 955 g/mol. The predicted octanol–water partition coefficient (Wildman–Crippen LogP) is 11.5. The van der Waals surface area contributed by atoms with Gasteiger partial charge in [-0.25, -0.2) is 24.7 Å². The summed E-state index contributed by atoms with van der Waals surface area (Å²) in [6.07, 6.45) is 4.66. The van der Waals surface area contributed by atoms with Crippen molar-refractivity contribution in [2.75, 3.05) is 14.2 Å². The van der Waals surface area contributed by atoms with Gasteiger partial charge >= 0.3 is 11.9 Å². The number of aryl methyl sites for hydroxylation is 8. The van der Waals surface area contributed by atoms with Crippen LogP contribution in [0.5, 0.6) is 0 Å². The molecule has 14 nitrogen and oxygen atoms in total. The van der Waals surface area contributed by atoms with E-state index in [0.29, 0.717) is 12.8 Å². The molecular weight excluding hydrogens is 881 g/mol. The van der Waals surface area contributed by atoms with E-state index in [-0.39, 0.29) is 23.6 Å². The van der Waals surface area contributed by atoms with Gasteiger partial charge in [0.1, 0.15) is 23.3 Å². The molecule has 1 unspecified atom stereocenters. The molecular formula is C56H74N8O6. The highest BCUT2D eigenvalue weighted by molar-refractivity contribution is 5.94. The number of aliphatic hydroxyl groups excluding tert-OH is 1. The maximum Gasteiger partial charge on any atom is 0.330 e. The molecule has 0 aliphatic carbocycles. The van der Waals surface area contributed by atoms with E-state index in [9.17, 15) is 19.5 Å². The molecule has 374 valence electrons. The summed E-state index contributed by atoms with van der Waals surface area (Å²) in [5.41, 5.74) is 11.0. The fourth-order valence-corrected chi connectivity index (χ4v) is 7.83. The van der Waals surface area contributed by atoms with Crippen molar-refractivity contribution in [1.82, 2.24) is 38.0 Å². The normalized spacial score (nSPS) is 12.0. The molecule has 1 N–H and O–H groups in total. The number of pyridine rings is 1. The number of methoxy groups -OCH3 is 2. The molecule has 1 atom stereocenters. The second kappa shape index (κ2) is 27.7. The Morgan fingerprint density at radius 3 is 1.84 bits per heavy atom. The number of nitrogens with zero attached hydrogens (tertiary/aromatic N) is 8. The quantitative estimate of drug-likeness (QED) is 0.130. The van der Waals surface area contributed by atoms with Crippen molar-refractivity contribution in [2.24, 2.45) is 14.1 Å². The Kier molecular flexibility index (Phi) is 22.6. The van der Waals surface area contributed by atoms with Gasteiger partial charge in [-0.1, -0.05) is 104 Å². The van der Waals surface area contributed by atoms with Gasteiger partial charge in [-0.3, -0.25) is 14.0 Å². The molecule has 14 heteroatoms. The van der Waals surface area contributed by atoms with Crippen molar-refractivity contribution < 1.29 is 24.2 Å².